The van der Waals surface area contributed by atoms with Crippen LogP contribution in [0.25, 0.3) is 60.6 Å². The molecule has 0 unspecified atom stereocenters. The molecule has 4 heterocycles. The van der Waals surface area contributed by atoms with Crippen LogP contribution in [-0.2, 0) is 0 Å². The summed E-state index contributed by atoms with van der Waals surface area (Å²) in [7, 11) is 0. The third-order valence-electron chi connectivity index (χ3n) is 8.43. The lowest BCUT2D eigenvalue weighted by molar-refractivity contribution is 1.08. The van der Waals surface area contributed by atoms with E-state index >= 15 is 0 Å². The molecule has 3 aromatic heterocycles. The highest BCUT2D eigenvalue weighted by Gasteiger charge is 2.30. The largest absolute Gasteiger partial charge is 0.309 e. The van der Waals surface area contributed by atoms with Crippen LogP contribution in [0.1, 0.15) is 0 Å². The second-order valence-corrected chi connectivity index (χ2v) is 10.7. The first kappa shape index (κ1) is 23.0. The lowest BCUT2D eigenvalue weighted by Crippen LogP contribution is -2.15. The van der Waals surface area contributed by atoms with Crippen molar-refractivity contribution in [2.24, 2.45) is 0 Å². The summed E-state index contributed by atoms with van der Waals surface area (Å²) in [5.41, 5.74) is 10.4. The van der Waals surface area contributed by atoms with Gasteiger partial charge in [-0.25, -0.2) is 4.98 Å². The quantitative estimate of drug-likeness (QED) is 0.225. The van der Waals surface area contributed by atoms with E-state index in [9.17, 15) is 0 Å². The van der Waals surface area contributed by atoms with Gasteiger partial charge in [-0.3, -0.25) is 9.55 Å². The van der Waals surface area contributed by atoms with Gasteiger partial charge in [0.1, 0.15) is 5.82 Å². The minimum atomic E-state index is 0.887. The van der Waals surface area contributed by atoms with Crippen molar-refractivity contribution in [2.75, 3.05) is 4.90 Å². The first-order chi connectivity index (χ1) is 20.9. The van der Waals surface area contributed by atoms with Gasteiger partial charge in [-0.1, -0.05) is 78.9 Å². The topological polar surface area (TPSA) is 34.0 Å². The highest BCUT2D eigenvalue weighted by molar-refractivity contribution is 6.24. The van der Waals surface area contributed by atoms with Crippen molar-refractivity contribution in [2.45, 2.75) is 0 Å². The summed E-state index contributed by atoms with van der Waals surface area (Å²) in [4.78, 5) is 11.7. The molecule has 4 nitrogen and oxygen atoms in total. The number of benzene rings is 5. The standard InChI is InChI=1S/C38H24N4/c1-2-12-28(13-3-1)41-33-17-7-10-25-9-6-15-29(36(25)33)30-19-20-34-37(38(30)41)31-14-4-5-16-32(31)42(34)35-21-18-27(24-40-35)26-11-8-22-39-23-26/h1-24H. The third kappa shape index (κ3) is 3.23. The maximum absolute atomic E-state index is 4.98. The predicted octanol–water partition coefficient (Wildman–Crippen LogP) is 9.84. The van der Waals surface area contributed by atoms with Crippen LogP contribution in [-0.4, -0.2) is 14.5 Å². The van der Waals surface area contributed by atoms with Gasteiger partial charge in [0.2, 0.25) is 0 Å². The fraction of sp³-hybridized carbons (Fsp3) is 0. The molecule has 5 aromatic carbocycles. The van der Waals surface area contributed by atoms with E-state index in [0.29, 0.717) is 0 Å². The second-order valence-electron chi connectivity index (χ2n) is 10.7. The van der Waals surface area contributed by atoms with Gasteiger partial charge in [0, 0.05) is 57.1 Å². The Bertz CT molecular complexity index is 2280. The molecule has 1 aliphatic heterocycles. The zero-order valence-corrected chi connectivity index (χ0v) is 22.6. The Morgan fingerprint density at radius 1 is 0.524 bits per heavy atom. The molecule has 0 aliphatic carbocycles. The summed E-state index contributed by atoms with van der Waals surface area (Å²) in [5, 5.41) is 4.95. The van der Waals surface area contributed by atoms with Crippen molar-refractivity contribution in [1.82, 2.24) is 14.5 Å². The Morgan fingerprint density at radius 2 is 1.36 bits per heavy atom. The van der Waals surface area contributed by atoms with E-state index in [0.717, 1.165) is 33.7 Å². The van der Waals surface area contributed by atoms with Gasteiger partial charge < -0.3 is 4.90 Å². The van der Waals surface area contributed by atoms with Crippen LogP contribution in [0.3, 0.4) is 0 Å². The average Bonchev–Trinajstić information content (AvgIpc) is 3.41. The summed E-state index contributed by atoms with van der Waals surface area (Å²) in [6.07, 6.45) is 5.61. The molecule has 0 N–H and O–H groups in total. The molecule has 1 aliphatic rings. The summed E-state index contributed by atoms with van der Waals surface area (Å²) in [6.45, 7) is 0. The second kappa shape index (κ2) is 8.88. The SMILES string of the molecule is c1ccc(N2c3cccc4cccc(c34)-c3ccc4c(c32)c2ccccc2n4-c2ccc(-c3cccnc3)cn2)cc1. The average molecular weight is 537 g/mol. The van der Waals surface area contributed by atoms with E-state index in [1.54, 1.807) is 6.20 Å². The zero-order chi connectivity index (χ0) is 27.6. The first-order valence-electron chi connectivity index (χ1n) is 14.2. The molecule has 0 amide bonds. The van der Waals surface area contributed by atoms with E-state index in [2.05, 4.69) is 136 Å². The van der Waals surface area contributed by atoms with Gasteiger partial charge >= 0.3 is 0 Å². The van der Waals surface area contributed by atoms with Crippen molar-refractivity contribution < 1.29 is 0 Å². The van der Waals surface area contributed by atoms with Crippen LogP contribution >= 0.6 is 0 Å². The van der Waals surface area contributed by atoms with Crippen molar-refractivity contribution in [3.8, 4) is 28.1 Å². The number of hydrogen-bond acceptors (Lipinski definition) is 3. The van der Waals surface area contributed by atoms with E-state index in [-0.39, 0.29) is 0 Å². The van der Waals surface area contributed by atoms with Crippen molar-refractivity contribution >= 4 is 49.6 Å². The predicted molar refractivity (Wildman–Crippen MR) is 173 cm³/mol. The molecule has 0 fully saturated rings. The number of nitrogens with zero attached hydrogens (tertiary/aromatic N) is 4. The Balaban J connectivity index is 1.37. The van der Waals surface area contributed by atoms with Gasteiger partial charge in [0.15, 0.2) is 0 Å². The van der Waals surface area contributed by atoms with Gasteiger partial charge in [-0.15, -0.1) is 0 Å². The molecule has 4 heteroatoms. The van der Waals surface area contributed by atoms with Crippen LogP contribution in [0, 0.1) is 0 Å². The van der Waals surface area contributed by atoms with E-state index in [1.807, 2.05) is 18.5 Å². The number of rotatable bonds is 3. The van der Waals surface area contributed by atoms with Crippen molar-refractivity contribution in [3.63, 3.8) is 0 Å². The molecule has 9 rings (SSSR count). The lowest BCUT2D eigenvalue weighted by atomic mass is 9.89. The monoisotopic (exact) mass is 536 g/mol. The van der Waals surface area contributed by atoms with Crippen LogP contribution in [0.4, 0.5) is 17.1 Å². The summed E-state index contributed by atoms with van der Waals surface area (Å²) < 4.78 is 2.29. The highest BCUT2D eigenvalue weighted by Crippen LogP contribution is 2.54. The number of pyridine rings is 2. The third-order valence-corrected chi connectivity index (χ3v) is 8.43. The Kier molecular flexibility index (Phi) is 4.87. The maximum atomic E-state index is 4.98. The van der Waals surface area contributed by atoms with Gasteiger partial charge in [0.05, 0.1) is 22.4 Å². The van der Waals surface area contributed by atoms with Crippen molar-refractivity contribution in [1.29, 1.82) is 0 Å². The number of para-hydroxylation sites is 2. The summed E-state index contributed by atoms with van der Waals surface area (Å²) >= 11 is 0. The molecule has 196 valence electrons. The van der Waals surface area contributed by atoms with E-state index in [1.165, 1.54) is 44.0 Å². The first-order valence-corrected chi connectivity index (χ1v) is 14.2. The number of hydrogen-bond donors (Lipinski definition) is 0. The smallest absolute Gasteiger partial charge is 0.137 e. The Morgan fingerprint density at radius 3 is 2.19 bits per heavy atom. The molecule has 0 saturated carbocycles. The number of fused-ring (bicyclic) bond motifs is 6. The van der Waals surface area contributed by atoms with E-state index in [4.69, 9.17) is 4.98 Å². The van der Waals surface area contributed by atoms with Gasteiger partial charge in [-0.05, 0) is 59.5 Å². The van der Waals surface area contributed by atoms with Crippen LogP contribution < -0.4 is 4.90 Å². The fourth-order valence-electron chi connectivity index (χ4n) is 6.66. The summed E-state index contributed by atoms with van der Waals surface area (Å²) in [5.74, 6) is 0.887. The number of anilines is 3. The van der Waals surface area contributed by atoms with Crippen LogP contribution in [0.15, 0.2) is 146 Å². The van der Waals surface area contributed by atoms with Crippen LogP contribution in [0.5, 0.6) is 0 Å². The Labute approximate surface area is 242 Å². The lowest BCUT2D eigenvalue weighted by Gasteiger charge is -2.34. The number of aromatic nitrogens is 3. The normalized spacial score (nSPS) is 12.2. The molecule has 0 bridgehead atoms. The molecular weight excluding hydrogens is 512 g/mol. The van der Waals surface area contributed by atoms with E-state index < -0.39 is 0 Å². The minimum absolute atomic E-state index is 0.887. The molecule has 0 radical (unpaired) electrons. The summed E-state index contributed by atoms with van der Waals surface area (Å²) in [6, 6.07) is 45.5. The van der Waals surface area contributed by atoms with Crippen LogP contribution in [0.2, 0.25) is 0 Å². The fourth-order valence-corrected chi connectivity index (χ4v) is 6.66. The minimum Gasteiger partial charge on any atom is -0.309 e. The Hall–Kier alpha value is -5.74. The molecule has 0 atom stereocenters. The van der Waals surface area contributed by atoms with Gasteiger partial charge in [0.25, 0.3) is 0 Å². The highest BCUT2D eigenvalue weighted by atomic mass is 15.2. The molecule has 8 aromatic rings. The molecule has 42 heavy (non-hydrogen) atoms. The maximum Gasteiger partial charge on any atom is 0.137 e. The van der Waals surface area contributed by atoms with Gasteiger partial charge in [-0.2, -0.15) is 0 Å². The molecular formula is C38H24N4. The zero-order valence-electron chi connectivity index (χ0n) is 22.6. The van der Waals surface area contributed by atoms with Crippen molar-refractivity contribution in [3.05, 3.63) is 146 Å². The molecule has 0 saturated heterocycles. The molecule has 0 spiro atoms.